The highest BCUT2D eigenvalue weighted by atomic mass is 16.6. The van der Waals surface area contributed by atoms with Gasteiger partial charge in [-0.1, -0.05) is 6.92 Å². The maximum Gasteiger partial charge on any atom is 0.203 e. The van der Waals surface area contributed by atoms with E-state index in [4.69, 9.17) is 14.2 Å². The third kappa shape index (κ3) is 3.43. The van der Waals surface area contributed by atoms with E-state index in [1.807, 2.05) is 6.07 Å². The van der Waals surface area contributed by atoms with Gasteiger partial charge in [0.2, 0.25) is 5.75 Å². The van der Waals surface area contributed by atoms with Gasteiger partial charge < -0.3 is 19.5 Å². The number of methoxy groups -OCH3 is 1. The molecule has 0 amide bonds. The first-order valence-electron chi connectivity index (χ1n) is 7.96. The third-order valence-electron chi connectivity index (χ3n) is 4.50. The topological polar surface area (TPSA) is 39.7 Å². The predicted octanol–water partition coefficient (Wildman–Crippen LogP) is 3.13. The van der Waals surface area contributed by atoms with Crippen molar-refractivity contribution >= 4 is 0 Å². The molecule has 21 heavy (non-hydrogen) atoms. The van der Waals surface area contributed by atoms with Gasteiger partial charge in [0.15, 0.2) is 11.5 Å². The smallest absolute Gasteiger partial charge is 0.203 e. The second-order valence-corrected chi connectivity index (χ2v) is 6.16. The van der Waals surface area contributed by atoms with Crippen molar-refractivity contribution in [2.24, 2.45) is 5.92 Å². The summed E-state index contributed by atoms with van der Waals surface area (Å²) in [6.45, 7) is 4.39. The third-order valence-corrected chi connectivity index (χ3v) is 4.50. The van der Waals surface area contributed by atoms with Crippen molar-refractivity contribution in [3.63, 3.8) is 0 Å². The van der Waals surface area contributed by atoms with Crippen LogP contribution in [0.3, 0.4) is 0 Å². The first-order valence-corrected chi connectivity index (χ1v) is 7.96. The molecule has 0 unspecified atom stereocenters. The zero-order chi connectivity index (χ0) is 14.7. The predicted molar refractivity (Wildman–Crippen MR) is 82.2 cm³/mol. The number of nitrogens with one attached hydrogen (secondary N) is 1. The van der Waals surface area contributed by atoms with Gasteiger partial charge in [-0.2, -0.15) is 0 Å². The molecule has 1 N–H and O–H groups in total. The molecule has 0 radical (unpaired) electrons. The molecule has 0 aromatic heterocycles. The Labute approximate surface area is 126 Å². The van der Waals surface area contributed by atoms with E-state index in [0.29, 0.717) is 19.3 Å². The molecule has 3 rings (SSSR count). The van der Waals surface area contributed by atoms with E-state index in [1.165, 1.54) is 31.2 Å². The molecule has 1 aromatic rings. The van der Waals surface area contributed by atoms with Gasteiger partial charge in [-0.15, -0.1) is 0 Å². The summed E-state index contributed by atoms with van der Waals surface area (Å²) >= 11 is 0. The highest BCUT2D eigenvalue weighted by molar-refractivity contribution is 5.54. The van der Waals surface area contributed by atoms with Gasteiger partial charge in [-0.25, -0.2) is 0 Å². The van der Waals surface area contributed by atoms with E-state index < -0.39 is 0 Å². The zero-order valence-corrected chi connectivity index (χ0v) is 13.0. The van der Waals surface area contributed by atoms with Crippen molar-refractivity contribution in [1.82, 2.24) is 5.32 Å². The van der Waals surface area contributed by atoms with Crippen LogP contribution in [-0.2, 0) is 6.54 Å². The zero-order valence-electron chi connectivity index (χ0n) is 13.0. The Hall–Kier alpha value is -1.42. The second kappa shape index (κ2) is 6.56. The Morgan fingerprint density at radius 2 is 1.90 bits per heavy atom. The van der Waals surface area contributed by atoms with Crippen LogP contribution in [0.15, 0.2) is 12.1 Å². The lowest BCUT2D eigenvalue weighted by Crippen LogP contribution is -2.32. The number of ether oxygens (including phenoxy) is 3. The van der Waals surface area contributed by atoms with Crippen LogP contribution in [0.4, 0.5) is 0 Å². The van der Waals surface area contributed by atoms with E-state index in [1.54, 1.807) is 7.11 Å². The molecule has 1 fully saturated rings. The lowest BCUT2D eigenvalue weighted by Gasteiger charge is -2.27. The fourth-order valence-corrected chi connectivity index (χ4v) is 3.16. The summed E-state index contributed by atoms with van der Waals surface area (Å²) in [5, 5.41) is 3.66. The Balaban J connectivity index is 1.65. The highest BCUT2D eigenvalue weighted by Crippen LogP contribution is 2.40. The van der Waals surface area contributed by atoms with Crippen LogP contribution in [0.5, 0.6) is 17.2 Å². The lowest BCUT2D eigenvalue weighted by molar-refractivity contribution is 0.165. The van der Waals surface area contributed by atoms with Crippen molar-refractivity contribution in [1.29, 1.82) is 0 Å². The minimum atomic E-state index is 0.585. The first-order chi connectivity index (χ1) is 10.3. The lowest BCUT2D eigenvalue weighted by atomic mass is 9.87. The minimum Gasteiger partial charge on any atom is -0.493 e. The molecule has 116 valence electrons. The van der Waals surface area contributed by atoms with Crippen LogP contribution in [0.25, 0.3) is 0 Å². The average Bonchev–Trinajstić information content (AvgIpc) is 2.53. The molecule has 2 aliphatic rings. The van der Waals surface area contributed by atoms with E-state index in [-0.39, 0.29) is 0 Å². The summed E-state index contributed by atoms with van der Waals surface area (Å²) in [4.78, 5) is 0. The molecule has 0 saturated heterocycles. The van der Waals surface area contributed by atoms with Crippen molar-refractivity contribution < 1.29 is 14.2 Å². The molecular formula is C17H25NO3. The van der Waals surface area contributed by atoms with E-state index >= 15 is 0 Å². The van der Waals surface area contributed by atoms with Gasteiger partial charge in [0.05, 0.1) is 7.11 Å². The Morgan fingerprint density at radius 1 is 1.14 bits per heavy atom. The number of fused-ring (bicyclic) bond motifs is 1. The molecule has 4 heteroatoms. The second-order valence-electron chi connectivity index (χ2n) is 6.16. The van der Waals surface area contributed by atoms with Crippen LogP contribution in [0, 0.1) is 5.92 Å². The standard InChI is InChI=1S/C17H25NO3/c1-12-3-5-14(6-4-12)18-11-13-9-15(19-2)17-16(10-13)20-7-8-21-17/h9-10,12,14,18H,3-8,11H2,1-2H3. The van der Waals surface area contributed by atoms with Gasteiger partial charge in [-0.05, 0) is 49.3 Å². The molecule has 0 spiro atoms. The molecule has 1 heterocycles. The van der Waals surface area contributed by atoms with E-state index in [9.17, 15) is 0 Å². The fourth-order valence-electron chi connectivity index (χ4n) is 3.16. The fraction of sp³-hybridized carbons (Fsp3) is 0.647. The maximum atomic E-state index is 5.68. The van der Waals surface area contributed by atoms with Gasteiger partial charge in [-0.3, -0.25) is 0 Å². The van der Waals surface area contributed by atoms with Gasteiger partial charge >= 0.3 is 0 Å². The SMILES string of the molecule is COc1cc(CNC2CCC(C)CC2)cc2c1OCCO2. The van der Waals surface area contributed by atoms with Crippen molar-refractivity contribution in [3.05, 3.63) is 17.7 Å². The summed E-state index contributed by atoms with van der Waals surface area (Å²) in [7, 11) is 1.67. The van der Waals surface area contributed by atoms with Gasteiger partial charge in [0.25, 0.3) is 0 Å². The molecule has 0 atom stereocenters. The minimum absolute atomic E-state index is 0.585. The molecule has 1 aliphatic carbocycles. The van der Waals surface area contributed by atoms with E-state index in [2.05, 4.69) is 18.3 Å². The van der Waals surface area contributed by atoms with Crippen molar-refractivity contribution in [3.8, 4) is 17.2 Å². The van der Waals surface area contributed by atoms with Crippen LogP contribution >= 0.6 is 0 Å². The van der Waals surface area contributed by atoms with E-state index in [0.717, 1.165) is 29.7 Å². The summed E-state index contributed by atoms with van der Waals surface area (Å²) in [6, 6.07) is 4.75. The van der Waals surface area contributed by atoms with Gasteiger partial charge in [0, 0.05) is 12.6 Å². The Bertz CT molecular complexity index is 464. The number of hydrogen-bond acceptors (Lipinski definition) is 4. The summed E-state index contributed by atoms with van der Waals surface area (Å²) in [5.74, 6) is 3.19. The van der Waals surface area contributed by atoms with Crippen molar-refractivity contribution in [2.45, 2.75) is 45.2 Å². The number of rotatable bonds is 4. The molecule has 0 bridgehead atoms. The largest absolute Gasteiger partial charge is 0.493 e. The normalized spacial score (nSPS) is 24.7. The number of benzene rings is 1. The monoisotopic (exact) mass is 291 g/mol. The number of hydrogen-bond donors (Lipinski definition) is 1. The van der Waals surface area contributed by atoms with Crippen LogP contribution in [0.2, 0.25) is 0 Å². The molecule has 1 saturated carbocycles. The van der Waals surface area contributed by atoms with Crippen LogP contribution in [-0.4, -0.2) is 26.4 Å². The quantitative estimate of drug-likeness (QED) is 0.925. The first kappa shape index (κ1) is 14.5. The summed E-state index contributed by atoms with van der Waals surface area (Å²) in [6.07, 6.45) is 5.23. The molecule has 4 nitrogen and oxygen atoms in total. The summed E-state index contributed by atoms with van der Waals surface area (Å²) < 4.78 is 16.7. The Morgan fingerprint density at radius 3 is 2.67 bits per heavy atom. The molecule has 1 aliphatic heterocycles. The van der Waals surface area contributed by atoms with Gasteiger partial charge in [0.1, 0.15) is 13.2 Å². The van der Waals surface area contributed by atoms with Crippen LogP contribution < -0.4 is 19.5 Å². The Kier molecular flexibility index (Phi) is 4.54. The maximum absolute atomic E-state index is 5.68. The highest BCUT2D eigenvalue weighted by Gasteiger charge is 2.20. The molecular weight excluding hydrogens is 266 g/mol. The van der Waals surface area contributed by atoms with Crippen LogP contribution in [0.1, 0.15) is 38.2 Å². The summed E-state index contributed by atoms with van der Waals surface area (Å²) in [5.41, 5.74) is 1.19. The van der Waals surface area contributed by atoms with Crippen molar-refractivity contribution in [2.75, 3.05) is 20.3 Å². The average molecular weight is 291 g/mol. The molecule has 1 aromatic carbocycles.